The molecule has 0 aliphatic carbocycles. The SMILES string of the molecule is N#Cc1cc2c(N)c(C(=O)Nc3ccc(Br)cc3)sc2nc1N. The van der Waals surface area contributed by atoms with Gasteiger partial charge >= 0.3 is 0 Å². The molecule has 5 N–H and O–H groups in total. The van der Waals surface area contributed by atoms with Gasteiger partial charge in [-0.25, -0.2) is 4.98 Å². The Kier molecular flexibility index (Phi) is 3.90. The van der Waals surface area contributed by atoms with Gasteiger partial charge in [0.05, 0.1) is 11.3 Å². The number of nitrogens with zero attached hydrogens (tertiary/aromatic N) is 2. The van der Waals surface area contributed by atoms with Crippen LogP contribution in [0.5, 0.6) is 0 Å². The van der Waals surface area contributed by atoms with Crippen LogP contribution in [0.15, 0.2) is 34.8 Å². The summed E-state index contributed by atoms with van der Waals surface area (Å²) in [6.07, 6.45) is 0. The van der Waals surface area contributed by atoms with Gasteiger partial charge in [0.25, 0.3) is 5.91 Å². The molecule has 0 saturated heterocycles. The summed E-state index contributed by atoms with van der Waals surface area (Å²) in [5.74, 6) is -0.203. The lowest BCUT2D eigenvalue weighted by molar-refractivity contribution is 0.103. The van der Waals surface area contributed by atoms with E-state index in [1.165, 1.54) is 0 Å². The molecule has 0 atom stereocenters. The molecule has 0 aliphatic rings. The Balaban J connectivity index is 1.99. The first-order valence-corrected chi connectivity index (χ1v) is 8.06. The molecule has 0 spiro atoms. The predicted octanol–water partition coefficient (Wildman–Crippen LogP) is 3.35. The molecule has 2 heterocycles. The molecule has 0 aliphatic heterocycles. The summed E-state index contributed by atoms with van der Waals surface area (Å²) in [7, 11) is 0. The van der Waals surface area contributed by atoms with E-state index in [0.29, 0.717) is 26.5 Å². The number of fused-ring (bicyclic) bond motifs is 1. The van der Waals surface area contributed by atoms with Gasteiger partial charge < -0.3 is 16.8 Å². The second-order valence-corrected chi connectivity index (χ2v) is 6.61. The quantitative estimate of drug-likeness (QED) is 0.622. The number of hydrogen-bond acceptors (Lipinski definition) is 6. The zero-order valence-electron chi connectivity index (χ0n) is 11.6. The standard InChI is InChI=1S/C15H10BrN5OS/c16-8-1-3-9(4-2-8)20-14(22)12-11(18)10-5-7(6-17)13(19)21-15(10)23-12/h1-5H,18H2,(H2,19,21)(H,20,22). The molecule has 1 amide bonds. The number of anilines is 3. The number of pyridine rings is 1. The maximum Gasteiger partial charge on any atom is 0.267 e. The van der Waals surface area contributed by atoms with E-state index in [2.05, 4.69) is 26.2 Å². The maximum atomic E-state index is 12.4. The molecule has 0 saturated carbocycles. The summed E-state index contributed by atoms with van der Waals surface area (Å²) in [5.41, 5.74) is 12.9. The van der Waals surface area contributed by atoms with Crippen molar-refractivity contribution in [2.24, 2.45) is 0 Å². The third-order valence-corrected chi connectivity index (χ3v) is 4.82. The summed E-state index contributed by atoms with van der Waals surface area (Å²) in [6, 6.07) is 10.7. The van der Waals surface area contributed by atoms with Crippen molar-refractivity contribution in [3.8, 4) is 6.07 Å². The summed E-state index contributed by atoms with van der Waals surface area (Å²) >= 11 is 4.48. The van der Waals surface area contributed by atoms with Gasteiger partial charge in [0.2, 0.25) is 0 Å². The molecule has 1 aromatic carbocycles. The Morgan fingerprint density at radius 2 is 2.00 bits per heavy atom. The third kappa shape index (κ3) is 2.84. The number of hydrogen-bond donors (Lipinski definition) is 3. The van der Waals surface area contributed by atoms with Gasteiger partial charge in [0.1, 0.15) is 21.6 Å². The average molecular weight is 388 g/mol. The van der Waals surface area contributed by atoms with Crippen LogP contribution in [0.25, 0.3) is 10.2 Å². The van der Waals surface area contributed by atoms with E-state index < -0.39 is 0 Å². The Morgan fingerprint density at radius 3 is 2.65 bits per heavy atom. The highest BCUT2D eigenvalue weighted by molar-refractivity contribution is 9.10. The number of aromatic nitrogens is 1. The molecule has 0 bridgehead atoms. The first-order valence-electron chi connectivity index (χ1n) is 6.45. The van der Waals surface area contributed by atoms with Crippen molar-refractivity contribution < 1.29 is 4.79 Å². The number of nitriles is 1. The smallest absolute Gasteiger partial charge is 0.267 e. The van der Waals surface area contributed by atoms with Crippen LogP contribution in [0.1, 0.15) is 15.2 Å². The average Bonchev–Trinajstić information content (AvgIpc) is 2.85. The van der Waals surface area contributed by atoms with Crippen LogP contribution < -0.4 is 16.8 Å². The number of carbonyl (C=O) groups excluding carboxylic acids is 1. The van der Waals surface area contributed by atoms with Crippen LogP contribution >= 0.6 is 27.3 Å². The topological polar surface area (TPSA) is 118 Å². The van der Waals surface area contributed by atoms with Crippen molar-refractivity contribution in [3.63, 3.8) is 0 Å². The Bertz CT molecular complexity index is 959. The third-order valence-electron chi connectivity index (χ3n) is 3.18. The highest BCUT2D eigenvalue weighted by Crippen LogP contribution is 2.34. The Morgan fingerprint density at radius 1 is 1.30 bits per heavy atom. The maximum absolute atomic E-state index is 12.4. The van der Waals surface area contributed by atoms with Crippen molar-refractivity contribution in [3.05, 3.63) is 45.2 Å². The highest BCUT2D eigenvalue weighted by atomic mass is 79.9. The predicted molar refractivity (Wildman–Crippen MR) is 95.3 cm³/mol. The Hall–Kier alpha value is -2.63. The first-order chi connectivity index (χ1) is 11.0. The van der Waals surface area contributed by atoms with E-state index in [0.717, 1.165) is 15.8 Å². The fourth-order valence-corrected chi connectivity index (χ4v) is 3.28. The van der Waals surface area contributed by atoms with Gasteiger partial charge in [0.15, 0.2) is 0 Å². The molecule has 23 heavy (non-hydrogen) atoms. The number of nitrogen functional groups attached to an aromatic ring is 2. The van der Waals surface area contributed by atoms with Gasteiger partial charge in [0, 0.05) is 15.5 Å². The number of rotatable bonds is 2. The molecule has 6 nitrogen and oxygen atoms in total. The van der Waals surface area contributed by atoms with Gasteiger partial charge in [-0.3, -0.25) is 4.79 Å². The van der Waals surface area contributed by atoms with Crippen LogP contribution in [0.4, 0.5) is 17.2 Å². The Labute approximate surface area is 143 Å². The summed E-state index contributed by atoms with van der Waals surface area (Å²) in [4.78, 5) is 17.4. The van der Waals surface area contributed by atoms with E-state index in [1.807, 2.05) is 18.2 Å². The first kappa shape index (κ1) is 15.3. The van der Waals surface area contributed by atoms with Gasteiger partial charge in [-0.15, -0.1) is 11.3 Å². The van der Waals surface area contributed by atoms with Crippen molar-refractivity contribution >= 4 is 60.6 Å². The second kappa shape index (κ2) is 5.87. The molecular formula is C15H10BrN5OS. The number of nitrogens with one attached hydrogen (secondary N) is 1. The van der Waals surface area contributed by atoms with Crippen LogP contribution in [-0.4, -0.2) is 10.9 Å². The van der Waals surface area contributed by atoms with Crippen molar-refractivity contribution in [1.82, 2.24) is 4.98 Å². The number of nitrogens with two attached hydrogens (primary N) is 2. The largest absolute Gasteiger partial charge is 0.397 e. The fraction of sp³-hybridized carbons (Fsp3) is 0. The molecular weight excluding hydrogens is 378 g/mol. The van der Waals surface area contributed by atoms with Gasteiger partial charge in [-0.2, -0.15) is 5.26 Å². The van der Waals surface area contributed by atoms with E-state index >= 15 is 0 Å². The van der Waals surface area contributed by atoms with Crippen molar-refractivity contribution in [1.29, 1.82) is 5.26 Å². The number of thiophene rings is 1. The van der Waals surface area contributed by atoms with Gasteiger partial charge in [-0.05, 0) is 30.3 Å². The molecule has 0 unspecified atom stereocenters. The van der Waals surface area contributed by atoms with Crippen LogP contribution in [-0.2, 0) is 0 Å². The van der Waals surface area contributed by atoms with Crippen LogP contribution in [0.2, 0.25) is 0 Å². The zero-order valence-corrected chi connectivity index (χ0v) is 14.0. The highest BCUT2D eigenvalue weighted by Gasteiger charge is 2.19. The summed E-state index contributed by atoms with van der Waals surface area (Å²) < 4.78 is 0.917. The normalized spacial score (nSPS) is 10.4. The minimum atomic E-state index is -0.329. The minimum absolute atomic E-state index is 0.126. The summed E-state index contributed by atoms with van der Waals surface area (Å²) in [6.45, 7) is 0. The van der Waals surface area contributed by atoms with Crippen molar-refractivity contribution in [2.75, 3.05) is 16.8 Å². The number of halogens is 1. The number of carbonyl (C=O) groups is 1. The molecule has 3 rings (SSSR count). The van der Waals surface area contributed by atoms with Crippen molar-refractivity contribution in [2.45, 2.75) is 0 Å². The molecule has 2 aromatic heterocycles. The molecule has 0 radical (unpaired) electrons. The molecule has 114 valence electrons. The van der Waals surface area contributed by atoms with E-state index in [9.17, 15) is 4.79 Å². The summed E-state index contributed by atoms with van der Waals surface area (Å²) in [5, 5.41) is 12.3. The lowest BCUT2D eigenvalue weighted by Gasteiger charge is -2.04. The fourth-order valence-electron chi connectivity index (χ4n) is 2.03. The number of amides is 1. The lowest BCUT2D eigenvalue weighted by atomic mass is 10.2. The number of benzene rings is 1. The molecule has 3 aromatic rings. The zero-order chi connectivity index (χ0) is 16.6. The lowest BCUT2D eigenvalue weighted by Crippen LogP contribution is -2.11. The minimum Gasteiger partial charge on any atom is -0.397 e. The second-order valence-electron chi connectivity index (χ2n) is 4.69. The molecule has 8 heteroatoms. The monoisotopic (exact) mass is 387 g/mol. The van der Waals surface area contributed by atoms with E-state index in [1.54, 1.807) is 18.2 Å². The molecule has 0 fully saturated rings. The van der Waals surface area contributed by atoms with E-state index in [-0.39, 0.29) is 17.3 Å². The van der Waals surface area contributed by atoms with Gasteiger partial charge in [-0.1, -0.05) is 15.9 Å². The van der Waals surface area contributed by atoms with Crippen LogP contribution in [0, 0.1) is 11.3 Å². The van der Waals surface area contributed by atoms with E-state index in [4.69, 9.17) is 16.7 Å². The van der Waals surface area contributed by atoms with Crippen LogP contribution in [0.3, 0.4) is 0 Å².